The van der Waals surface area contributed by atoms with E-state index in [1.807, 2.05) is 12.1 Å². The van der Waals surface area contributed by atoms with Crippen LogP contribution in [0.4, 0.5) is 0 Å². The maximum absolute atomic E-state index is 5.56. The fourth-order valence-corrected chi connectivity index (χ4v) is 3.45. The van der Waals surface area contributed by atoms with Crippen LogP contribution in [0.15, 0.2) is 29.0 Å². The van der Waals surface area contributed by atoms with Crippen LogP contribution < -0.4 is 5.32 Å². The summed E-state index contributed by atoms with van der Waals surface area (Å²) in [6.45, 7) is 3.55. The normalized spacial score (nSPS) is 23.4. The number of ether oxygens (including phenoxy) is 1. The summed E-state index contributed by atoms with van der Waals surface area (Å²) in [5.74, 6) is 1.63. The molecule has 2 aliphatic heterocycles. The summed E-state index contributed by atoms with van der Waals surface area (Å²) in [6, 6.07) is 3.82. The minimum atomic E-state index is 0. The quantitative estimate of drug-likeness (QED) is 0.912. The minimum absolute atomic E-state index is 0. The van der Waals surface area contributed by atoms with E-state index in [0.29, 0.717) is 5.82 Å². The fraction of sp³-hybridized carbons (Fsp3) is 0.533. The number of aromatic nitrogens is 3. The molecule has 0 saturated carbocycles. The molecule has 1 spiro atoms. The van der Waals surface area contributed by atoms with Gasteiger partial charge in [-0.3, -0.25) is 4.98 Å². The zero-order valence-electron chi connectivity index (χ0n) is 12.2. The van der Waals surface area contributed by atoms with Crippen molar-refractivity contribution in [2.45, 2.75) is 18.8 Å². The molecule has 1 unspecified atom stereocenters. The van der Waals surface area contributed by atoms with Gasteiger partial charge in [-0.15, -0.1) is 12.4 Å². The Bertz CT molecular complexity index is 613. The third-order valence-electron chi connectivity index (χ3n) is 4.71. The second-order valence-corrected chi connectivity index (χ2v) is 5.86. The summed E-state index contributed by atoms with van der Waals surface area (Å²) < 4.78 is 11.1. The second kappa shape index (κ2) is 6.32. The lowest BCUT2D eigenvalue weighted by Gasteiger charge is -2.36. The van der Waals surface area contributed by atoms with Gasteiger partial charge in [0.1, 0.15) is 0 Å². The van der Waals surface area contributed by atoms with Crippen LogP contribution in [0.5, 0.6) is 0 Å². The number of halogens is 1. The van der Waals surface area contributed by atoms with Crippen molar-refractivity contribution < 1.29 is 9.26 Å². The van der Waals surface area contributed by atoms with E-state index in [9.17, 15) is 0 Å². The summed E-state index contributed by atoms with van der Waals surface area (Å²) in [6.07, 6.45) is 5.60. The van der Waals surface area contributed by atoms with Gasteiger partial charge in [0.15, 0.2) is 0 Å². The first-order valence-corrected chi connectivity index (χ1v) is 7.40. The molecule has 2 saturated heterocycles. The number of nitrogens with zero attached hydrogens (tertiary/aromatic N) is 3. The topological polar surface area (TPSA) is 73.1 Å². The molecule has 4 heterocycles. The Morgan fingerprint density at radius 1 is 1.27 bits per heavy atom. The number of hydrogen-bond acceptors (Lipinski definition) is 6. The lowest BCUT2D eigenvalue weighted by Crippen LogP contribution is -2.35. The summed E-state index contributed by atoms with van der Waals surface area (Å²) in [5.41, 5.74) is 1.09. The number of nitrogens with one attached hydrogen (secondary N) is 1. The summed E-state index contributed by atoms with van der Waals surface area (Å²) in [5, 5.41) is 7.61. The SMILES string of the molecule is Cl.c1cncc(-c2noc(C3CNCC34CCOCC4)n2)c1. The molecule has 2 aromatic heterocycles. The molecule has 2 aliphatic rings. The van der Waals surface area contributed by atoms with Crippen molar-refractivity contribution in [1.29, 1.82) is 0 Å². The molecule has 2 fully saturated rings. The molecule has 4 rings (SSSR count). The van der Waals surface area contributed by atoms with Crippen LogP contribution in [-0.2, 0) is 4.74 Å². The number of hydrogen-bond donors (Lipinski definition) is 1. The molecule has 0 bridgehead atoms. The Labute approximate surface area is 135 Å². The van der Waals surface area contributed by atoms with Gasteiger partial charge in [-0.1, -0.05) is 5.16 Å². The molecule has 0 aromatic carbocycles. The molecular formula is C15H19ClN4O2. The average Bonchev–Trinajstić information content (AvgIpc) is 3.16. The van der Waals surface area contributed by atoms with Gasteiger partial charge in [-0.05, 0) is 30.4 Å². The molecule has 6 nitrogen and oxygen atoms in total. The lowest BCUT2D eigenvalue weighted by atomic mass is 9.72. The van der Waals surface area contributed by atoms with Gasteiger partial charge in [-0.25, -0.2) is 0 Å². The second-order valence-electron chi connectivity index (χ2n) is 5.86. The van der Waals surface area contributed by atoms with E-state index in [4.69, 9.17) is 9.26 Å². The summed E-state index contributed by atoms with van der Waals surface area (Å²) in [7, 11) is 0. The van der Waals surface area contributed by atoms with Gasteiger partial charge in [0.25, 0.3) is 0 Å². The Balaban J connectivity index is 0.00000144. The monoisotopic (exact) mass is 322 g/mol. The van der Waals surface area contributed by atoms with Crippen molar-refractivity contribution >= 4 is 12.4 Å². The number of rotatable bonds is 2. The molecule has 22 heavy (non-hydrogen) atoms. The van der Waals surface area contributed by atoms with Crippen molar-refractivity contribution in [1.82, 2.24) is 20.4 Å². The van der Waals surface area contributed by atoms with Crippen LogP contribution in [0.25, 0.3) is 11.4 Å². The lowest BCUT2D eigenvalue weighted by molar-refractivity contribution is 0.0122. The molecule has 2 aromatic rings. The van der Waals surface area contributed by atoms with Gasteiger partial charge in [-0.2, -0.15) is 4.98 Å². The zero-order valence-corrected chi connectivity index (χ0v) is 13.0. The van der Waals surface area contributed by atoms with E-state index in [-0.39, 0.29) is 23.7 Å². The van der Waals surface area contributed by atoms with E-state index >= 15 is 0 Å². The third-order valence-corrected chi connectivity index (χ3v) is 4.71. The third kappa shape index (κ3) is 2.62. The predicted molar refractivity (Wildman–Crippen MR) is 82.9 cm³/mol. The van der Waals surface area contributed by atoms with Crippen LogP contribution in [0.3, 0.4) is 0 Å². The average molecular weight is 323 g/mol. The Hall–Kier alpha value is -1.50. The summed E-state index contributed by atoms with van der Waals surface area (Å²) in [4.78, 5) is 8.71. The van der Waals surface area contributed by atoms with Crippen LogP contribution in [0.2, 0.25) is 0 Å². The van der Waals surface area contributed by atoms with Gasteiger partial charge in [0.05, 0.1) is 5.92 Å². The van der Waals surface area contributed by atoms with Crippen LogP contribution in [0, 0.1) is 5.41 Å². The Morgan fingerprint density at radius 2 is 2.14 bits per heavy atom. The first-order valence-electron chi connectivity index (χ1n) is 7.40. The van der Waals surface area contributed by atoms with E-state index in [1.165, 1.54) is 0 Å². The standard InChI is InChI=1S/C15H18N4O2.ClH/c1-2-11(8-16-5-1)13-18-14(21-19-13)12-9-17-10-15(12)3-6-20-7-4-15;/h1-2,5,8,12,17H,3-4,6-7,9-10H2;1H. The van der Waals surface area contributed by atoms with Gasteiger partial charge < -0.3 is 14.6 Å². The molecule has 118 valence electrons. The molecule has 0 amide bonds. The van der Waals surface area contributed by atoms with Crippen LogP contribution >= 0.6 is 12.4 Å². The highest BCUT2D eigenvalue weighted by atomic mass is 35.5. The smallest absolute Gasteiger partial charge is 0.231 e. The molecular weight excluding hydrogens is 304 g/mol. The first-order chi connectivity index (χ1) is 10.4. The minimum Gasteiger partial charge on any atom is -0.381 e. The van der Waals surface area contributed by atoms with E-state index in [1.54, 1.807) is 12.4 Å². The fourth-order valence-electron chi connectivity index (χ4n) is 3.45. The number of pyridine rings is 1. The van der Waals surface area contributed by atoms with Gasteiger partial charge in [0, 0.05) is 44.3 Å². The predicted octanol–water partition coefficient (Wildman–Crippen LogP) is 2.04. The van der Waals surface area contributed by atoms with Gasteiger partial charge in [0.2, 0.25) is 11.7 Å². The highest BCUT2D eigenvalue weighted by Gasteiger charge is 2.47. The van der Waals surface area contributed by atoms with E-state index in [0.717, 1.165) is 50.6 Å². The van der Waals surface area contributed by atoms with Crippen LogP contribution in [-0.4, -0.2) is 41.4 Å². The zero-order chi connectivity index (χ0) is 14.1. The molecule has 0 radical (unpaired) electrons. The van der Waals surface area contributed by atoms with Gasteiger partial charge >= 0.3 is 0 Å². The first kappa shape index (κ1) is 15.4. The molecule has 7 heteroatoms. The van der Waals surface area contributed by atoms with Crippen molar-refractivity contribution in [3.63, 3.8) is 0 Å². The Kier molecular flexibility index (Phi) is 4.42. The van der Waals surface area contributed by atoms with Crippen molar-refractivity contribution in [3.8, 4) is 11.4 Å². The molecule has 0 aliphatic carbocycles. The van der Waals surface area contributed by atoms with E-state index < -0.39 is 0 Å². The highest BCUT2D eigenvalue weighted by Crippen LogP contribution is 2.46. The van der Waals surface area contributed by atoms with E-state index in [2.05, 4.69) is 20.4 Å². The largest absolute Gasteiger partial charge is 0.381 e. The van der Waals surface area contributed by atoms with Crippen molar-refractivity contribution in [2.24, 2.45) is 5.41 Å². The van der Waals surface area contributed by atoms with Crippen LogP contribution in [0.1, 0.15) is 24.7 Å². The maximum atomic E-state index is 5.56. The Morgan fingerprint density at radius 3 is 2.91 bits per heavy atom. The van der Waals surface area contributed by atoms with Crippen molar-refractivity contribution in [3.05, 3.63) is 30.4 Å². The highest BCUT2D eigenvalue weighted by molar-refractivity contribution is 5.85. The molecule has 1 N–H and O–H groups in total. The summed E-state index contributed by atoms with van der Waals surface area (Å²) >= 11 is 0. The maximum Gasteiger partial charge on any atom is 0.231 e. The van der Waals surface area contributed by atoms with Crippen molar-refractivity contribution in [2.75, 3.05) is 26.3 Å². The molecule has 1 atom stereocenters.